The van der Waals surface area contributed by atoms with Crippen molar-refractivity contribution in [1.29, 1.82) is 0 Å². The maximum Gasteiger partial charge on any atom is 0.133 e. The van der Waals surface area contributed by atoms with E-state index in [1.54, 1.807) is 0 Å². The van der Waals surface area contributed by atoms with Crippen molar-refractivity contribution in [2.45, 2.75) is 57.6 Å². The topological polar surface area (TPSA) is 57.0 Å². The summed E-state index contributed by atoms with van der Waals surface area (Å²) in [6.07, 6.45) is 6.85. The predicted molar refractivity (Wildman–Crippen MR) is 102 cm³/mol. The highest BCUT2D eigenvalue weighted by molar-refractivity contribution is 5.04. The molecular formula is C21H34N2O4. The number of aryl methyl sites for hydroxylation is 1. The van der Waals surface area contributed by atoms with Crippen LogP contribution in [0.3, 0.4) is 0 Å². The van der Waals surface area contributed by atoms with Crippen LogP contribution in [0.2, 0.25) is 0 Å². The fourth-order valence-electron chi connectivity index (χ4n) is 4.95. The minimum absolute atomic E-state index is 0.0816. The molecule has 1 atom stereocenters. The lowest BCUT2D eigenvalue weighted by molar-refractivity contribution is -0.0743. The van der Waals surface area contributed by atoms with Crippen LogP contribution in [0.4, 0.5) is 0 Å². The van der Waals surface area contributed by atoms with Gasteiger partial charge in [0, 0.05) is 58.7 Å². The molecule has 1 unspecified atom stereocenters. The van der Waals surface area contributed by atoms with Gasteiger partial charge in [0.1, 0.15) is 5.76 Å². The Hall–Kier alpha value is -0.950. The number of hydrogen-bond acceptors (Lipinski definition) is 6. The van der Waals surface area contributed by atoms with Crippen molar-refractivity contribution < 1.29 is 18.7 Å². The average Bonchev–Trinajstić information content (AvgIpc) is 3.28. The molecule has 0 radical (unpaired) electrons. The third-order valence-electron chi connectivity index (χ3n) is 6.67. The van der Waals surface area contributed by atoms with Crippen molar-refractivity contribution in [3.63, 3.8) is 0 Å². The molecule has 1 spiro atoms. The second-order valence-corrected chi connectivity index (χ2v) is 8.52. The summed E-state index contributed by atoms with van der Waals surface area (Å²) in [7, 11) is 0. The minimum Gasteiger partial charge on any atom is -0.381 e. The van der Waals surface area contributed by atoms with Gasteiger partial charge in [-0.05, 0) is 57.3 Å². The zero-order valence-electron chi connectivity index (χ0n) is 16.7. The van der Waals surface area contributed by atoms with Crippen LogP contribution < -0.4 is 0 Å². The van der Waals surface area contributed by atoms with Gasteiger partial charge in [0.15, 0.2) is 0 Å². The molecule has 4 rings (SSSR count). The van der Waals surface area contributed by atoms with Gasteiger partial charge in [0.25, 0.3) is 0 Å². The first-order valence-corrected chi connectivity index (χ1v) is 10.7. The van der Waals surface area contributed by atoms with Crippen LogP contribution in [0.1, 0.15) is 50.0 Å². The van der Waals surface area contributed by atoms with E-state index in [2.05, 4.69) is 10.1 Å². The molecule has 1 aromatic rings. The van der Waals surface area contributed by atoms with Gasteiger partial charge < -0.3 is 18.7 Å². The summed E-state index contributed by atoms with van der Waals surface area (Å²) >= 11 is 0. The van der Waals surface area contributed by atoms with Crippen LogP contribution in [0.25, 0.3) is 0 Å². The Morgan fingerprint density at radius 2 is 2.00 bits per heavy atom. The smallest absolute Gasteiger partial charge is 0.133 e. The highest BCUT2D eigenvalue weighted by Crippen LogP contribution is 2.42. The third kappa shape index (κ3) is 4.91. The summed E-state index contributed by atoms with van der Waals surface area (Å²) in [5.41, 5.74) is 1.12. The lowest BCUT2D eigenvalue weighted by atomic mass is 9.78. The Kier molecular flexibility index (Phi) is 6.48. The van der Waals surface area contributed by atoms with Gasteiger partial charge in [-0.25, -0.2) is 0 Å². The fraction of sp³-hybridized carbons (Fsp3) is 0.857. The SMILES string of the molecule is Cc1cc(CN2CCC3(CC2)OCCC3CCOCC2CCOCC2)no1. The second kappa shape index (κ2) is 9.03. The molecule has 3 saturated heterocycles. The molecule has 6 nitrogen and oxygen atoms in total. The molecule has 3 aliphatic heterocycles. The maximum absolute atomic E-state index is 6.31. The lowest BCUT2D eigenvalue weighted by Gasteiger charge is -2.42. The van der Waals surface area contributed by atoms with E-state index >= 15 is 0 Å². The first kappa shape index (κ1) is 19.4. The van der Waals surface area contributed by atoms with Gasteiger partial charge in [0.05, 0.1) is 11.3 Å². The summed E-state index contributed by atoms with van der Waals surface area (Å²) in [5, 5.41) is 4.13. The number of likely N-dealkylation sites (tertiary alicyclic amines) is 1. The summed E-state index contributed by atoms with van der Waals surface area (Å²) in [4.78, 5) is 2.48. The van der Waals surface area contributed by atoms with Crippen LogP contribution >= 0.6 is 0 Å². The molecule has 4 heterocycles. The van der Waals surface area contributed by atoms with Crippen molar-refractivity contribution in [2.75, 3.05) is 46.1 Å². The average molecular weight is 379 g/mol. The first-order chi connectivity index (χ1) is 13.2. The van der Waals surface area contributed by atoms with Crippen LogP contribution in [0.5, 0.6) is 0 Å². The van der Waals surface area contributed by atoms with E-state index < -0.39 is 0 Å². The molecule has 1 aromatic heterocycles. The van der Waals surface area contributed by atoms with Crippen molar-refractivity contribution >= 4 is 0 Å². The van der Waals surface area contributed by atoms with Crippen molar-refractivity contribution in [3.05, 3.63) is 17.5 Å². The van der Waals surface area contributed by atoms with Crippen molar-refractivity contribution in [3.8, 4) is 0 Å². The van der Waals surface area contributed by atoms with Crippen molar-refractivity contribution in [1.82, 2.24) is 10.1 Å². The van der Waals surface area contributed by atoms with Gasteiger partial charge in [-0.15, -0.1) is 0 Å². The minimum atomic E-state index is 0.0816. The highest BCUT2D eigenvalue weighted by Gasteiger charge is 2.45. The number of piperidine rings is 1. The standard InChI is InChI=1S/C21H34N2O4/c1-17-14-20(22-27-17)15-23-8-6-21(7-9-23)19(5-13-26-21)4-12-25-16-18-2-10-24-11-3-18/h14,18-19H,2-13,15-16H2,1H3. The third-order valence-corrected chi connectivity index (χ3v) is 6.67. The van der Waals surface area contributed by atoms with Gasteiger partial charge in [-0.2, -0.15) is 0 Å². The molecule has 0 saturated carbocycles. The molecule has 0 amide bonds. The molecule has 3 fully saturated rings. The quantitative estimate of drug-likeness (QED) is 0.679. The molecule has 0 bridgehead atoms. The van der Waals surface area contributed by atoms with E-state index in [4.69, 9.17) is 18.7 Å². The summed E-state index contributed by atoms with van der Waals surface area (Å²) in [6.45, 7) is 9.46. The molecule has 0 N–H and O–H groups in total. The van der Waals surface area contributed by atoms with E-state index in [-0.39, 0.29) is 5.60 Å². The maximum atomic E-state index is 6.31. The van der Waals surface area contributed by atoms with Crippen LogP contribution in [0, 0.1) is 18.8 Å². The molecule has 27 heavy (non-hydrogen) atoms. The van der Waals surface area contributed by atoms with E-state index in [9.17, 15) is 0 Å². The number of nitrogens with zero attached hydrogens (tertiary/aromatic N) is 2. The molecule has 152 valence electrons. The Labute approximate surface area is 162 Å². The fourth-order valence-corrected chi connectivity index (χ4v) is 4.95. The van der Waals surface area contributed by atoms with E-state index in [0.717, 1.165) is 96.2 Å². The van der Waals surface area contributed by atoms with Crippen LogP contribution in [-0.2, 0) is 20.8 Å². The van der Waals surface area contributed by atoms with Gasteiger partial charge in [-0.3, -0.25) is 4.90 Å². The second-order valence-electron chi connectivity index (χ2n) is 8.52. The Morgan fingerprint density at radius 3 is 2.74 bits per heavy atom. The largest absolute Gasteiger partial charge is 0.381 e. The lowest BCUT2D eigenvalue weighted by Crippen LogP contribution is -2.47. The number of aromatic nitrogens is 1. The van der Waals surface area contributed by atoms with Crippen molar-refractivity contribution in [2.24, 2.45) is 11.8 Å². The molecule has 3 aliphatic rings. The summed E-state index contributed by atoms with van der Waals surface area (Å²) < 4.78 is 23.0. The normalized spacial score (nSPS) is 26.8. The molecule has 0 aromatic carbocycles. The summed E-state index contributed by atoms with van der Waals surface area (Å²) in [5.74, 6) is 2.22. The van der Waals surface area contributed by atoms with Gasteiger partial charge in [-0.1, -0.05) is 5.16 Å². The molecular weight excluding hydrogens is 344 g/mol. The Bertz CT molecular complexity index is 576. The number of hydrogen-bond donors (Lipinski definition) is 0. The highest BCUT2D eigenvalue weighted by atomic mass is 16.5. The Balaban J connectivity index is 1.20. The monoisotopic (exact) mass is 378 g/mol. The zero-order chi connectivity index (χ0) is 18.5. The molecule has 0 aliphatic carbocycles. The van der Waals surface area contributed by atoms with Gasteiger partial charge in [0.2, 0.25) is 0 Å². The van der Waals surface area contributed by atoms with Gasteiger partial charge >= 0.3 is 0 Å². The van der Waals surface area contributed by atoms with E-state index in [1.165, 1.54) is 6.42 Å². The predicted octanol–water partition coefficient (Wildman–Crippen LogP) is 3.19. The number of rotatable bonds is 7. The van der Waals surface area contributed by atoms with E-state index in [1.807, 2.05) is 13.0 Å². The zero-order valence-corrected chi connectivity index (χ0v) is 16.7. The molecule has 6 heteroatoms. The first-order valence-electron chi connectivity index (χ1n) is 10.7. The number of ether oxygens (including phenoxy) is 3. The van der Waals surface area contributed by atoms with Crippen LogP contribution in [-0.4, -0.2) is 61.8 Å². The summed E-state index contributed by atoms with van der Waals surface area (Å²) in [6, 6.07) is 2.04. The Morgan fingerprint density at radius 1 is 1.19 bits per heavy atom. The van der Waals surface area contributed by atoms with Crippen LogP contribution in [0.15, 0.2) is 10.6 Å². The van der Waals surface area contributed by atoms with E-state index in [0.29, 0.717) is 11.8 Å².